The van der Waals surface area contributed by atoms with E-state index in [0.29, 0.717) is 5.82 Å². The van der Waals surface area contributed by atoms with Crippen molar-refractivity contribution in [3.05, 3.63) is 54.2 Å². The molecular formula is C24H30N4O2. The second kappa shape index (κ2) is 8.98. The zero-order valence-corrected chi connectivity index (χ0v) is 17.7. The number of benzene rings is 1. The standard InChI is InChI=1S/C22H24N4O2.C2H6/c27-18-10-11-25(13-18)12-15-4-6-16(7-5-15)19-2-1-3-21-23-20(14-26(19)21)24-22(28)17-8-9-17;1-2/h1-7,14,17-18,27H,8-13H2,(H,24,28);1-2H3/t18-;/m0./s1. The highest BCUT2D eigenvalue weighted by atomic mass is 16.3. The molecule has 1 saturated heterocycles. The maximum Gasteiger partial charge on any atom is 0.228 e. The first-order valence-corrected chi connectivity index (χ1v) is 10.9. The molecule has 1 saturated carbocycles. The number of fused-ring (bicyclic) bond motifs is 1. The lowest BCUT2D eigenvalue weighted by Gasteiger charge is -2.15. The number of likely N-dealkylation sites (tertiary alicyclic amines) is 1. The number of amides is 1. The lowest BCUT2D eigenvalue weighted by Crippen LogP contribution is -2.21. The highest BCUT2D eigenvalue weighted by Gasteiger charge is 2.30. The van der Waals surface area contributed by atoms with E-state index in [9.17, 15) is 9.90 Å². The third-order valence-electron chi connectivity index (χ3n) is 5.59. The molecule has 1 aliphatic carbocycles. The highest BCUT2D eigenvalue weighted by molar-refractivity contribution is 5.93. The Morgan fingerprint density at radius 2 is 1.90 bits per heavy atom. The summed E-state index contributed by atoms with van der Waals surface area (Å²) in [5.74, 6) is 0.837. The quantitative estimate of drug-likeness (QED) is 0.673. The number of nitrogens with one attached hydrogen (secondary N) is 1. The van der Waals surface area contributed by atoms with E-state index in [4.69, 9.17) is 0 Å². The van der Waals surface area contributed by atoms with Gasteiger partial charge in [0.15, 0.2) is 5.82 Å². The molecule has 0 spiro atoms. The lowest BCUT2D eigenvalue weighted by atomic mass is 10.1. The summed E-state index contributed by atoms with van der Waals surface area (Å²) in [5.41, 5.74) is 4.21. The van der Waals surface area contributed by atoms with Gasteiger partial charge in [-0.25, -0.2) is 4.98 Å². The Hall–Kier alpha value is -2.70. The van der Waals surface area contributed by atoms with E-state index in [2.05, 4.69) is 45.5 Å². The Morgan fingerprint density at radius 1 is 1.13 bits per heavy atom. The van der Waals surface area contributed by atoms with Crippen LogP contribution < -0.4 is 5.32 Å². The van der Waals surface area contributed by atoms with Crippen LogP contribution in [0.2, 0.25) is 0 Å². The lowest BCUT2D eigenvalue weighted by molar-refractivity contribution is -0.117. The molecule has 5 rings (SSSR count). The van der Waals surface area contributed by atoms with E-state index < -0.39 is 0 Å². The molecule has 0 radical (unpaired) electrons. The van der Waals surface area contributed by atoms with Gasteiger partial charge in [0.05, 0.1) is 18.0 Å². The van der Waals surface area contributed by atoms with E-state index >= 15 is 0 Å². The van der Waals surface area contributed by atoms with E-state index in [1.54, 1.807) is 0 Å². The number of pyridine rings is 1. The third kappa shape index (κ3) is 4.55. The first-order valence-electron chi connectivity index (χ1n) is 10.9. The highest BCUT2D eigenvalue weighted by Crippen LogP contribution is 2.30. The summed E-state index contributed by atoms with van der Waals surface area (Å²) in [7, 11) is 0. The van der Waals surface area contributed by atoms with Crippen molar-refractivity contribution in [1.82, 2.24) is 14.3 Å². The number of β-amino-alcohol motifs (C(OH)–C–C–N with tert-alkyl or cyclic N) is 1. The molecule has 1 atom stereocenters. The number of aliphatic hydroxyl groups is 1. The van der Waals surface area contributed by atoms with Crippen molar-refractivity contribution in [1.29, 1.82) is 0 Å². The van der Waals surface area contributed by atoms with Gasteiger partial charge in [0.25, 0.3) is 0 Å². The van der Waals surface area contributed by atoms with Crippen LogP contribution >= 0.6 is 0 Å². The van der Waals surface area contributed by atoms with Gasteiger partial charge in [0, 0.05) is 25.6 Å². The van der Waals surface area contributed by atoms with E-state index in [-0.39, 0.29) is 17.9 Å². The second-order valence-electron chi connectivity index (χ2n) is 7.90. The average molecular weight is 407 g/mol. The van der Waals surface area contributed by atoms with E-state index in [0.717, 1.165) is 55.8 Å². The molecule has 1 amide bonds. The fourth-order valence-electron chi connectivity index (χ4n) is 3.87. The molecule has 3 heterocycles. The molecule has 1 aliphatic heterocycles. The van der Waals surface area contributed by atoms with Gasteiger partial charge in [-0.1, -0.05) is 44.2 Å². The maximum atomic E-state index is 12.0. The third-order valence-corrected chi connectivity index (χ3v) is 5.59. The number of imidazole rings is 1. The summed E-state index contributed by atoms with van der Waals surface area (Å²) in [5, 5.41) is 12.6. The summed E-state index contributed by atoms with van der Waals surface area (Å²) in [6, 6.07) is 14.5. The number of hydrogen-bond acceptors (Lipinski definition) is 4. The number of rotatable bonds is 5. The van der Waals surface area contributed by atoms with Crippen molar-refractivity contribution in [2.75, 3.05) is 18.4 Å². The van der Waals surface area contributed by atoms with Crippen molar-refractivity contribution >= 4 is 17.4 Å². The summed E-state index contributed by atoms with van der Waals surface area (Å²) in [6.45, 7) is 6.57. The Bertz CT molecular complexity index is 1010. The van der Waals surface area contributed by atoms with Gasteiger partial charge in [-0.3, -0.25) is 14.1 Å². The van der Waals surface area contributed by atoms with Crippen LogP contribution in [0.4, 0.5) is 5.82 Å². The minimum Gasteiger partial charge on any atom is -0.392 e. The molecular weight excluding hydrogens is 376 g/mol. The van der Waals surface area contributed by atoms with Crippen LogP contribution in [0.1, 0.15) is 38.7 Å². The van der Waals surface area contributed by atoms with Crippen LogP contribution in [0.3, 0.4) is 0 Å². The summed E-state index contributed by atoms with van der Waals surface area (Å²) in [4.78, 5) is 18.9. The molecule has 6 nitrogen and oxygen atoms in total. The Balaban J connectivity index is 0.00000106. The molecule has 30 heavy (non-hydrogen) atoms. The van der Waals surface area contributed by atoms with Crippen molar-refractivity contribution in [3.8, 4) is 11.3 Å². The van der Waals surface area contributed by atoms with Crippen LogP contribution in [0.15, 0.2) is 48.7 Å². The molecule has 0 unspecified atom stereocenters. The molecule has 0 bridgehead atoms. The monoisotopic (exact) mass is 406 g/mol. The van der Waals surface area contributed by atoms with Gasteiger partial charge in [-0.15, -0.1) is 0 Å². The molecule has 2 aromatic heterocycles. The number of anilines is 1. The predicted octanol–water partition coefficient (Wildman–Crippen LogP) is 3.94. The number of aliphatic hydroxyl groups excluding tert-OH is 1. The predicted molar refractivity (Wildman–Crippen MR) is 119 cm³/mol. The van der Waals surface area contributed by atoms with Crippen molar-refractivity contribution < 1.29 is 9.90 Å². The van der Waals surface area contributed by atoms with Gasteiger partial charge in [-0.05, 0) is 42.5 Å². The molecule has 2 aliphatic rings. The number of carbonyl (C=O) groups is 1. The zero-order chi connectivity index (χ0) is 21.1. The Kier molecular flexibility index (Phi) is 6.16. The zero-order valence-electron chi connectivity index (χ0n) is 17.7. The smallest absolute Gasteiger partial charge is 0.228 e. The van der Waals surface area contributed by atoms with E-state index in [1.807, 2.05) is 36.6 Å². The van der Waals surface area contributed by atoms with Gasteiger partial charge in [0.1, 0.15) is 5.65 Å². The second-order valence-corrected chi connectivity index (χ2v) is 7.90. The summed E-state index contributed by atoms with van der Waals surface area (Å²) < 4.78 is 2.02. The largest absolute Gasteiger partial charge is 0.392 e. The molecule has 1 aromatic carbocycles. The van der Waals surface area contributed by atoms with Crippen molar-refractivity contribution in [3.63, 3.8) is 0 Å². The van der Waals surface area contributed by atoms with E-state index in [1.165, 1.54) is 5.56 Å². The molecule has 158 valence electrons. The minimum absolute atomic E-state index is 0.0707. The molecule has 2 N–H and O–H groups in total. The molecule has 6 heteroatoms. The van der Waals surface area contributed by atoms with Crippen LogP contribution in [-0.4, -0.2) is 44.5 Å². The van der Waals surface area contributed by atoms with Crippen LogP contribution in [0.25, 0.3) is 16.9 Å². The Morgan fingerprint density at radius 3 is 2.57 bits per heavy atom. The molecule has 2 fully saturated rings. The topological polar surface area (TPSA) is 69.9 Å². The van der Waals surface area contributed by atoms with Gasteiger partial charge in [0.2, 0.25) is 5.91 Å². The fourth-order valence-corrected chi connectivity index (χ4v) is 3.87. The number of hydrogen-bond donors (Lipinski definition) is 2. The molecule has 3 aromatic rings. The first kappa shape index (κ1) is 20.6. The minimum atomic E-state index is -0.187. The maximum absolute atomic E-state index is 12.0. The number of nitrogens with zero attached hydrogens (tertiary/aromatic N) is 3. The number of carbonyl (C=O) groups excluding carboxylic acids is 1. The first-order chi connectivity index (χ1) is 14.7. The van der Waals surface area contributed by atoms with Crippen molar-refractivity contribution in [2.24, 2.45) is 5.92 Å². The summed E-state index contributed by atoms with van der Waals surface area (Å²) in [6.07, 6.45) is 4.53. The van der Waals surface area contributed by atoms with Gasteiger partial charge < -0.3 is 10.4 Å². The SMILES string of the molecule is CC.O=C(Nc1cn2c(-c3ccc(CN4CC[C@H](O)C4)cc3)cccc2n1)C1CC1. The van der Waals surface area contributed by atoms with Gasteiger partial charge in [-0.2, -0.15) is 0 Å². The van der Waals surface area contributed by atoms with Crippen LogP contribution in [-0.2, 0) is 11.3 Å². The van der Waals surface area contributed by atoms with Crippen molar-refractivity contribution in [2.45, 2.75) is 45.8 Å². The fraction of sp³-hybridized carbons (Fsp3) is 0.417. The van der Waals surface area contributed by atoms with Crippen LogP contribution in [0, 0.1) is 5.92 Å². The van der Waals surface area contributed by atoms with Gasteiger partial charge >= 0.3 is 0 Å². The number of aromatic nitrogens is 2. The van der Waals surface area contributed by atoms with Crippen LogP contribution in [0.5, 0.6) is 0 Å². The Labute approximate surface area is 177 Å². The normalized spacial score (nSPS) is 18.8. The summed E-state index contributed by atoms with van der Waals surface area (Å²) >= 11 is 0. The average Bonchev–Trinajstić information content (AvgIpc) is 3.42.